The number of benzene rings is 1. The monoisotopic (exact) mass is 288 g/mol. The van der Waals surface area contributed by atoms with Crippen LogP contribution in [0.4, 0.5) is 18.9 Å². The van der Waals surface area contributed by atoms with Crippen LogP contribution in [0.15, 0.2) is 18.2 Å². The second-order valence-corrected chi connectivity index (χ2v) is 4.78. The van der Waals surface area contributed by atoms with Gasteiger partial charge in [0.05, 0.1) is 0 Å². The van der Waals surface area contributed by atoms with E-state index >= 15 is 0 Å². The number of hydrogen-bond acceptors (Lipinski definition) is 3. The molecule has 4 nitrogen and oxygen atoms in total. The molecule has 1 unspecified atom stereocenters. The van der Waals surface area contributed by atoms with Gasteiger partial charge in [-0.25, -0.2) is 4.39 Å². The van der Waals surface area contributed by atoms with Crippen LogP contribution in [0.1, 0.15) is 19.3 Å². The van der Waals surface area contributed by atoms with E-state index < -0.39 is 18.2 Å². The van der Waals surface area contributed by atoms with E-state index in [1.54, 1.807) is 0 Å². The predicted molar refractivity (Wildman–Crippen MR) is 67.0 cm³/mol. The Balaban J connectivity index is 1.92. The van der Waals surface area contributed by atoms with E-state index in [4.69, 9.17) is 5.73 Å². The van der Waals surface area contributed by atoms with Crippen LogP contribution in [0.25, 0.3) is 0 Å². The van der Waals surface area contributed by atoms with Crippen molar-refractivity contribution < 1.29 is 22.7 Å². The maximum absolute atomic E-state index is 13.4. The summed E-state index contributed by atoms with van der Waals surface area (Å²) in [5.41, 5.74) is 5.98. The highest BCUT2D eigenvalue weighted by Gasteiger charge is 2.29. The molecule has 1 aliphatic rings. The molecule has 0 aromatic heterocycles. The van der Waals surface area contributed by atoms with Gasteiger partial charge < -0.3 is 15.8 Å². The fourth-order valence-electron chi connectivity index (χ4n) is 1.89. The molecule has 0 radical (unpaired) electrons. The zero-order valence-corrected chi connectivity index (χ0v) is 10.6. The predicted octanol–water partition coefficient (Wildman–Crippen LogP) is 2.49. The highest BCUT2D eigenvalue weighted by Crippen LogP contribution is 2.33. The van der Waals surface area contributed by atoms with Crippen molar-refractivity contribution >= 4 is 11.6 Å². The number of hydrogen-bond donors (Lipinski definition) is 2. The van der Waals surface area contributed by atoms with Crippen LogP contribution in [-0.4, -0.2) is 18.6 Å². The van der Waals surface area contributed by atoms with Crippen LogP contribution in [0, 0.1) is 11.7 Å². The Hall–Kier alpha value is -1.76. The van der Waals surface area contributed by atoms with E-state index in [1.165, 1.54) is 6.07 Å². The zero-order chi connectivity index (χ0) is 14.7. The van der Waals surface area contributed by atoms with Gasteiger partial charge >= 0.3 is 6.61 Å². The summed E-state index contributed by atoms with van der Waals surface area (Å²) in [4.78, 5) is 11.7. The van der Waals surface area contributed by atoms with E-state index in [0.717, 1.165) is 25.0 Å². The molecule has 1 aliphatic carbocycles. The summed E-state index contributed by atoms with van der Waals surface area (Å²) >= 11 is 0. The number of nitrogens with one attached hydrogen (secondary N) is 1. The van der Waals surface area contributed by atoms with Crippen LogP contribution in [0.3, 0.4) is 0 Å². The zero-order valence-electron chi connectivity index (χ0n) is 10.6. The van der Waals surface area contributed by atoms with Crippen molar-refractivity contribution in [1.29, 1.82) is 0 Å². The molecule has 0 spiro atoms. The Bertz CT molecular complexity index is 493. The summed E-state index contributed by atoms with van der Waals surface area (Å²) in [6.07, 6.45) is 2.22. The molecule has 1 aromatic rings. The largest absolute Gasteiger partial charge is 0.432 e. The van der Waals surface area contributed by atoms with Gasteiger partial charge in [0.2, 0.25) is 5.91 Å². The summed E-state index contributed by atoms with van der Waals surface area (Å²) in [6.45, 7) is -3.10. The van der Waals surface area contributed by atoms with Crippen molar-refractivity contribution in [3.8, 4) is 5.75 Å². The molecule has 0 heterocycles. The third kappa shape index (κ3) is 4.12. The van der Waals surface area contributed by atoms with Crippen LogP contribution in [0.2, 0.25) is 0 Å². The lowest BCUT2D eigenvalue weighted by molar-refractivity contribution is -0.116. The van der Waals surface area contributed by atoms with Gasteiger partial charge in [0.15, 0.2) is 11.6 Å². The molecule has 7 heteroatoms. The van der Waals surface area contributed by atoms with E-state index in [-0.39, 0.29) is 24.1 Å². The summed E-state index contributed by atoms with van der Waals surface area (Å²) in [5.74, 6) is -1.46. The van der Waals surface area contributed by atoms with E-state index in [1.807, 2.05) is 0 Å². The first-order chi connectivity index (χ1) is 9.45. The fraction of sp³-hybridized carbons (Fsp3) is 0.462. The molecule has 3 N–H and O–H groups in total. The molecule has 2 rings (SSSR count). The molecule has 1 amide bonds. The van der Waals surface area contributed by atoms with Crippen LogP contribution in [0.5, 0.6) is 5.75 Å². The molecular formula is C13H15F3N2O2. The first-order valence-corrected chi connectivity index (χ1v) is 6.25. The summed E-state index contributed by atoms with van der Waals surface area (Å²) in [7, 11) is 0. The van der Waals surface area contributed by atoms with Crippen molar-refractivity contribution in [2.45, 2.75) is 31.9 Å². The molecule has 0 saturated heterocycles. The Morgan fingerprint density at radius 1 is 1.45 bits per heavy atom. The lowest BCUT2D eigenvalue weighted by atomic mass is 10.1. The molecule has 1 aromatic carbocycles. The number of ether oxygens (including phenoxy) is 1. The van der Waals surface area contributed by atoms with Crippen molar-refractivity contribution in [3.05, 3.63) is 24.0 Å². The van der Waals surface area contributed by atoms with Gasteiger partial charge in [-0.2, -0.15) is 8.78 Å². The number of amides is 1. The third-order valence-electron chi connectivity index (χ3n) is 3.08. The Kier molecular flexibility index (Phi) is 4.49. The van der Waals surface area contributed by atoms with Crippen molar-refractivity contribution in [1.82, 2.24) is 0 Å². The third-order valence-corrected chi connectivity index (χ3v) is 3.08. The average molecular weight is 288 g/mol. The van der Waals surface area contributed by atoms with Gasteiger partial charge in [-0.15, -0.1) is 0 Å². The topological polar surface area (TPSA) is 64.4 Å². The highest BCUT2D eigenvalue weighted by atomic mass is 19.3. The molecule has 0 bridgehead atoms. The molecule has 110 valence electrons. The molecule has 1 saturated carbocycles. The lowest BCUT2D eigenvalue weighted by Gasteiger charge is -2.11. The lowest BCUT2D eigenvalue weighted by Crippen LogP contribution is -2.28. The number of halogens is 3. The van der Waals surface area contributed by atoms with Crippen molar-refractivity contribution in [2.75, 3.05) is 5.32 Å². The fourth-order valence-corrected chi connectivity index (χ4v) is 1.89. The molecule has 0 aliphatic heterocycles. The summed E-state index contributed by atoms with van der Waals surface area (Å²) in [6, 6.07) is 3.07. The van der Waals surface area contributed by atoms with Crippen LogP contribution < -0.4 is 15.8 Å². The van der Waals surface area contributed by atoms with Gasteiger partial charge in [0.1, 0.15) is 0 Å². The minimum Gasteiger partial charge on any atom is -0.432 e. The van der Waals surface area contributed by atoms with Crippen molar-refractivity contribution in [3.63, 3.8) is 0 Å². The Morgan fingerprint density at radius 3 is 2.70 bits per heavy atom. The molecule has 20 heavy (non-hydrogen) atoms. The molecule has 1 atom stereocenters. The Morgan fingerprint density at radius 2 is 2.15 bits per heavy atom. The minimum absolute atomic E-state index is 0.154. The van der Waals surface area contributed by atoms with Gasteiger partial charge in [-0.1, -0.05) is 0 Å². The molecule has 1 fully saturated rings. The minimum atomic E-state index is -3.10. The van der Waals surface area contributed by atoms with Crippen LogP contribution in [-0.2, 0) is 4.79 Å². The van der Waals surface area contributed by atoms with Gasteiger partial charge in [-0.3, -0.25) is 4.79 Å². The standard InChI is InChI=1S/C13H15F3N2O2/c14-9-5-8(3-4-11(9)20-13(15)16)18-12(19)6-10(17)7-1-2-7/h3-5,7,10,13H,1-2,6,17H2,(H,18,19). The number of carbonyl (C=O) groups excluding carboxylic acids is 1. The second kappa shape index (κ2) is 6.13. The van der Waals surface area contributed by atoms with Gasteiger partial charge in [0, 0.05) is 24.2 Å². The molecular weight excluding hydrogens is 273 g/mol. The van der Waals surface area contributed by atoms with E-state index in [0.29, 0.717) is 5.92 Å². The van der Waals surface area contributed by atoms with Gasteiger partial charge in [0.25, 0.3) is 0 Å². The number of alkyl halides is 2. The SMILES string of the molecule is NC(CC(=O)Nc1ccc(OC(F)F)c(F)c1)C1CC1. The maximum atomic E-state index is 13.4. The van der Waals surface area contributed by atoms with Crippen molar-refractivity contribution in [2.24, 2.45) is 11.7 Å². The summed E-state index contributed by atoms with van der Waals surface area (Å²) < 4.78 is 41.3. The summed E-state index contributed by atoms with van der Waals surface area (Å²) in [5, 5.41) is 2.47. The number of rotatable bonds is 6. The van der Waals surface area contributed by atoms with E-state index in [9.17, 15) is 18.0 Å². The van der Waals surface area contributed by atoms with Gasteiger partial charge in [-0.05, 0) is 30.9 Å². The second-order valence-electron chi connectivity index (χ2n) is 4.78. The average Bonchev–Trinajstić information content (AvgIpc) is 3.16. The number of nitrogens with two attached hydrogens (primary N) is 1. The Labute approximate surface area is 114 Å². The maximum Gasteiger partial charge on any atom is 0.387 e. The first kappa shape index (κ1) is 14.6. The quantitative estimate of drug-likeness (QED) is 0.845. The normalized spacial score (nSPS) is 16.1. The number of carbonyl (C=O) groups is 1. The first-order valence-electron chi connectivity index (χ1n) is 6.25. The number of anilines is 1. The van der Waals surface area contributed by atoms with E-state index in [2.05, 4.69) is 10.1 Å². The smallest absolute Gasteiger partial charge is 0.387 e. The van der Waals surface area contributed by atoms with Crippen LogP contribution >= 0.6 is 0 Å². The highest BCUT2D eigenvalue weighted by molar-refractivity contribution is 5.91.